The van der Waals surface area contributed by atoms with Crippen molar-refractivity contribution in [2.75, 3.05) is 0 Å². The fourth-order valence-corrected chi connectivity index (χ4v) is 9.98. The number of fused-ring (bicyclic) bond motifs is 11. The number of aromatic nitrogens is 2. The van der Waals surface area contributed by atoms with Gasteiger partial charge in [0.2, 0.25) is 0 Å². The van der Waals surface area contributed by atoms with Crippen LogP contribution in [0.1, 0.15) is 22.3 Å². The van der Waals surface area contributed by atoms with E-state index in [2.05, 4.69) is 158 Å². The Labute approximate surface area is 296 Å². The summed E-state index contributed by atoms with van der Waals surface area (Å²) in [7, 11) is 0. The Bertz CT molecular complexity index is 2620. The van der Waals surface area contributed by atoms with Gasteiger partial charge >= 0.3 is 0 Å². The van der Waals surface area contributed by atoms with Crippen molar-refractivity contribution in [3.8, 4) is 54.9 Å². The van der Waals surface area contributed by atoms with Gasteiger partial charge in [-0.2, -0.15) is 0 Å². The molecule has 7 aromatic carbocycles. The lowest BCUT2D eigenvalue weighted by molar-refractivity contribution is 0.436. The van der Waals surface area contributed by atoms with E-state index in [1.54, 1.807) is 22.7 Å². The van der Waals surface area contributed by atoms with Crippen LogP contribution in [0.3, 0.4) is 0 Å². The summed E-state index contributed by atoms with van der Waals surface area (Å²) in [6.07, 6.45) is 0. The summed E-state index contributed by atoms with van der Waals surface area (Å²) in [4.78, 5) is 10.1. The highest BCUT2D eigenvalue weighted by Gasteiger charge is 2.50. The van der Waals surface area contributed by atoms with Gasteiger partial charge in [-0.05, 0) is 94.0 Å². The molecule has 0 atom stereocenters. The van der Waals surface area contributed by atoms with E-state index < -0.39 is 5.41 Å². The summed E-state index contributed by atoms with van der Waals surface area (Å²) in [5.74, 6) is 1.81. The van der Waals surface area contributed by atoms with Crippen LogP contribution in [-0.4, -0.2) is 9.97 Å². The molecule has 3 heterocycles. The molecule has 1 aliphatic heterocycles. The molecule has 11 rings (SSSR count). The molecule has 0 saturated heterocycles. The van der Waals surface area contributed by atoms with E-state index in [-0.39, 0.29) is 0 Å². The molecule has 3 nitrogen and oxygen atoms in total. The maximum atomic E-state index is 6.53. The third-order valence-corrected chi connectivity index (χ3v) is 12.4. The normalized spacial score (nSPS) is 13.5. The van der Waals surface area contributed by atoms with E-state index >= 15 is 0 Å². The van der Waals surface area contributed by atoms with Crippen LogP contribution >= 0.6 is 22.7 Å². The van der Waals surface area contributed by atoms with Gasteiger partial charge in [0.15, 0.2) is 0 Å². The summed E-state index contributed by atoms with van der Waals surface area (Å²) in [6, 6.07) is 56.6. The van der Waals surface area contributed by atoms with Crippen molar-refractivity contribution in [2.45, 2.75) is 5.41 Å². The molecule has 1 aliphatic carbocycles. The highest BCUT2D eigenvalue weighted by Crippen LogP contribution is 2.62. The third kappa shape index (κ3) is 3.96. The number of nitrogens with zero attached hydrogens (tertiary/aromatic N) is 2. The molecule has 0 saturated carbocycles. The second kappa shape index (κ2) is 10.6. The lowest BCUT2D eigenvalue weighted by Gasteiger charge is -2.39. The highest BCUT2D eigenvalue weighted by molar-refractivity contribution is 7.22. The molecule has 5 heteroatoms. The minimum Gasteiger partial charge on any atom is -0.457 e. The number of thiazole rings is 2. The van der Waals surface area contributed by atoms with E-state index in [9.17, 15) is 0 Å². The van der Waals surface area contributed by atoms with Crippen molar-refractivity contribution in [3.63, 3.8) is 0 Å². The van der Waals surface area contributed by atoms with Crippen LogP contribution in [0, 0.1) is 0 Å². The number of hydrogen-bond acceptors (Lipinski definition) is 5. The number of para-hydroxylation sites is 4. The summed E-state index contributed by atoms with van der Waals surface area (Å²) in [5.41, 5.74) is 13.5. The zero-order valence-electron chi connectivity index (χ0n) is 26.6. The second-order valence-corrected chi connectivity index (χ2v) is 15.0. The molecule has 234 valence electrons. The van der Waals surface area contributed by atoms with Crippen LogP contribution in [0.2, 0.25) is 0 Å². The Kier molecular flexibility index (Phi) is 5.91. The molecule has 9 aromatic rings. The minimum atomic E-state index is -0.481. The van der Waals surface area contributed by atoms with E-state index in [1.165, 1.54) is 42.8 Å². The van der Waals surface area contributed by atoms with E-state index in [4.69, 9.17) is 14.7 Å². The van der Waals surface area contributed by atoms with Crippen molar-refractivity contribution in [1.82, 2.24) is 9.97 Å². The van der Waals surface area contributed by atoms with Gasteiger partial charge in [0.05, 0.1) is 25.8 Å². The van der Waals surface area contributed by atoms with Crippen LogP contribution in [-0.2, 0) is 5.41 Å². The number of rotatable bonds is 3. The molecule has 0 N–H and O–H groups in total. The van der Waals surface area contributed by atoms with Crippen LogP contribution in [0.25, 0.3) is 63.8 Å². The quantitative estimate of drug-likeness (QED) is 0.187. The molecule has 0 bridgehead atoms. The SMILES string of the molecule is c1ccc2c(c1)Oc1ccccc1C21c2ccccc2-c2cc(-c3cc(-c4nc5ccccc5s4)cc(-c4nc5ccccc5s4)c3)ccc21. The van der Waals surface area contributed by atoms with Gasteiger partial charge < -0.3 is 4.74 Å². The molecular formula is C45H26N2OS2. The highest BCUT2D eigenvalue weighted by atomic mass is 32.1. The fraction of sp³-hybridized carbons (Fsp3) is 0.0222. The van der Waals surface area contributed by atoms with Crippen molar-refractivity contribution in [3.05, 3.63) is 180 Å². The lowest BCUT2D eigenvalue weighted by atomic mass is 9.66. The Morgan fingerprint density at radius 1 is 0.400 bits per heavy atom. The number of hydrogen-bond donors (Lipinski definition) is 0. The molecular weight excluding hydrogens is 649 g/mol. The predicted octanol–water partition coefficient (Wildman–Crippen LogP) is 12.4. The Balaban J connectivity index is 1.15. The van der Waals surface area contributed by atoms with Gasteiger partial charge in [-0.1, -0.05) is 97.1 Å². The van der Waals surface area contributed by atoms with E-state index in [0.29, 0.717) is 0 Å². The topological polar surface area (TPSA) is 35.0 Å². The molecule has 1 spiro atoms. The summed E-state index contributed by atoms with van der Waals surface area (Å²) in [6.45, 7) is 0. The fourth-order valence-electron chi connectivity index (χ4n) is 8.07. The first-order valence-corrected chi connectivity index (χ1v) is 18.4. The van der Waals surface area contributed by atoms with Crippen LogP contribution in [0.5, 0.6) is 11.5 Å². The van der Waals surface area contributed by atoms with Crippen LogP contribution in [0.4, 0.5) is 0 Å². The molecule has 2 aliphatic rings. The van der Waals surface area contributed by atoms with Crippen LogP contribution in [0.15, 0.2) is 158 Å². The van der Waals surface area contributed by atoms with Gasteiger partial charge in [-0.15, -0.1) is 22.7 Å². The average molecular weight is 675 g/mol. The summed E-state index contributed by atoms with van der Waals surface area (Å²) >= 11 is 3.47. The number of benzene rings is 7. The van der Waals surface area contributed by atoms with Gasteiger partial charge in [0, 0.05) is 22.3 Å². The first-order valence-electron chi connectivity index (χ1n) is 16.7. The van der Waals surface area contributed by atoms with Gasteiger partial charge in [0.1, 0.15) is 21.5 Å². The average Bonchev–Trinajstić information content (AvgIpc) is 3.89. The number of ether oxygens (including phenoxy) is 1. The minimum absolute atomic E-state index is 0.481. The third-order valence-electron chi connectivity index (χ3n) is 10.2. The molecule has 0 amide bonds. The predicted molar refractivity (Wildman–Crippen MR) is 206 cm³/mol. The molecule has 0 unspecified atom stereocenters. The maximum Gasteiger partial charge on any atom is 0.132 e. The van der Waals surface area contributed by atoms with Crippen molar-refractivity contribution < 1.29 is 4.74 Å². The lowest BCUT2D eigenvalue weighted by Crippen LogP contribution is -2.32. The van der Waals surface area contributed by atoms with Gasteiger partial charge in [-0.3, -0.25) is 0 Å². The Morgan fingerprint density at radius 2 is 0.900 bits per heavy atom. The summed E-state index contributed by atoms with van der Waals surface area (Å²) in [5, 5.41) is 2.02. The first kappa shape index (κ1) is 28.0. The standard InChI is InChI=1S/C45H26N2OS2/c1-2-12-33-31(11-1)32-26-27(21-22-34(32)45(33)35-13-3-7-17-39(35)48-40-18-8-4-14-36(40)45)28-23-29(43-46-37-15-5-9-19-41(37)49-43)25-30(24-28)44-47-38-16-6-10-20-42(38)50-44/h1-26H. The monoisotopic (exact) mass is 674 g/mol. The maximum absolute atomic E-state index is 6.53. The van der Waals surface area contributed by atoms with Crippen molar-refractivity contribution in [1.29, 1.82) is 0 Å². The van der Waals surface area contributed by atoms with Gasteiger partial charge in [0.25, 0.3) is 0 Å². The second-order valence-electron chi connectivity index (χ2n) is 12.9. The van der Waals surface area contributed by atoms with Crippen molar-refractivity contribution in [2.24, 2.45) is 0 Å². The van der Waals surface area contributed by atoms with Crippen LogP contribution < -0.4 is 4.74 Å². The van der Waals surface area contributed by atoms with Gasteiger partial charge in [-0.25, -0.2) is 9.97 Å². The van der Waals surface area contributed by atoms with Crippen molar-refractivity contribution >= 4 is 43.1 Å². The van der Waals surface area contributed by atoms with E-state index in [0.717, 1.165) is 54.8 Å². The zero-order chi connectivity index (χ0) is 32.8. The molecule has 0 fully saturated rings. The Hall–Kier alpha value is -5.88. The zero-order valence-corrected chi connectivity index (χ0v) is 28.3. The summed E-state index contributed by atoms with van der Waals surface area (Å²) < 4.78 is 8.90. The molecule has 50 heavy (non-hydrogen) atoms. The molecule has 0 radical (unpaired) electrons. The Morgan fingerprint density at radius 3 is 1.52 bits per heavy atom. The first-order chi connectivity index (χ1) is 24.7. The largest absolute Gasteiger partial charge is 0.457 e. The smallest absolute Gasteiger partial charge is 0.132 e. The molecule has 2 aromatic heterocycles. The van der Waals surface area contributed by atoms with E-state index in [1.807, 2.05) is 0 Å².